The summed E-state index contributed by atoms with van der Waals surface area (Å²) in [6.07, 6.45) is 0. The van der Waals surface area contributed by atoms with Crippen LogP contribution in [0.5, 0.6) is 5.75 Å². The maximum atomic E-state index is 11.8. The third-order valence-electron chi connectivity index (χ3n) is 3.39. The zero-order chi connectivity index (χ0) is 16.2. The van der Waals surface area contributed by atoms with Crippen molar-refractivity contribution in [2.45, 2.75) is 0 Å². The summed E-state index contributed by atoms with van der Waals surface area (Å²) >= 11 is 5.60. The molecule has 0 unspecified atom stereocenters. The number of nitrogens with zero attached hydrogens (tertiary/aromatic N) is 1. The Kier molecular flexibility index (Phi) is 4.48. The summed E-state index contributed by atoms with van der Waals surface area (Å²) in [5.41, 5.74) is 2.71. The number of imidazole rings is 1. The van der Waals surface area contributed by atoms with Gasteiger partial charge in [0, 0.05) is 5.56 Å². The standard InChI is InChI=1S/C17H15ClN2O3/c1-22-17(21)13-3-2-4-14-15(13)20-16(19-14)11-5-7-12(8-6-11)23-10-9-18/h2-8H,9-10H2,1H3,(H,19,20). The van der Waals surface area contributed by atoms with E-state index in [0.717, 1.165) is 16.8 Å². The van der Waals surface area contributed by atoms with Gasteiger partial charge in [-0.3, -0.25) is 0 Å². The third-order valence-corrected chi connectivity index (χ3v) is 3.55. The van der Waals surface area contributed by atoms with E-state index >= 15 is 0 Å². The number of para-hydroxylation sites is 1. The first kappa shape index (κ1) is 15.4. The Hall–Kier alpha value is -2.53. The fourth-order valence-electron chi connectivity index (χ4n) is 2.31. The molecule has 0 spiro atoms. The molecule has 5 nitrogen and oxygen atoms in total. The van der Waals surface area contributed by atoms with Crippen molar-refractivity contribution >= 4 is 28.6 Å². The van der Waals surface area contributed by atoms with E-state index in [2.05, 4.69) is 9.97 Å². The lowest BCUT2D eigenvalue weighted by molar-refractivity contribution is 0.0603. The highest BCUT2D eigenvalue weighted by Crippen LogP contribution is 2.25. The first-order valence-electron chi connectivity index (χ1n) is 7.09. The van der Waals surface area contributed by atoms with E-state index in [1.54, 1.807) is 12.1 Å². The number of esters is 1. The molecule has 0 atom stereocenters. The van der Waals surface area contributed by atoms with Gasteiger partial charge in [-0.2, -0.15) is 0 Å². The Morgan fingerprint density at radius 1 is 1.22 bits per heavy atom. The molecule has 118 valence electrons. The Morgan fingerprint density at radius 3 is 2.70 bits per heavy atom. The molecule has 0 aliphatic rings. The van der Waals surface area contributed by atoms with Gasteiger partial charge in [0.15, 0.2) is 0 Å². The zero-order valence-electron chi connectivity index (χ0n) is 12.5. The van der Waals surface area contributed by atoms with Crippen LogP contribution in [0.15, 0.2) is 42.5 Å². The Labute approximate surface area is 138 Å². The zero-order valence-corrected chi connectivity index (χ0v) is 13.3. The monoisotopic (exact) mass is 330 g/mol. The van der Waals surface area contributed by atoms with E-state index in [9.17, 15) is 4.79 Å². The van der Waals surface area contributed by atoms with Gasteiger partial charge in [-0.1, -0.05) is 6.07 Å². The number of carbonyl (C=O) groups excluding carboxylic acids is 1. The number of benzene rings is 2. The van der Waals surface area contributed by atoms with E-state index in [-0.39, 0.29) is 0 Å². The van der Waals surface area contributed by atoms with Crippen LogP contribution in [0.1, 0.15) is 10.4 Å². The number of nitrogens with one attached hydrogen (secondary N) is 1. The highest BCUT2D eigenvalue weighted by atomic mass is 35.5. The van der Waals surface area contributed by atoms with Crippen LogP contribution in [0.25, 0.3) is 22.4 Å². The Bertz CT molecular complexity index is 827. The van der Waals surface area contributed by atoms with Gasteiger partial charge in [0.25, 0.3) is 0 Å². The van der Waals surface area contributed by atoms with Crippen molar-refractivity contribution in [3.05, 3.63) is 48.0 Å². The molecule has 0 bridgehead atoms. The van der Waals surface area contributed by atoms with Crippen molar-refractivity contribution in [1.82, 2.24) is 9.97 Å². The van der Waals surface area contributed by atoms with E-state index < -0.39 is 5.97 Å². The van der Waals surface area contributed by atoms with Gasteiger partial charge in [0.05, 0.1) is 24.1 Å². The molecule has 0 fully saturated rings. The van der Waals surface area contributed by atoms with Crippen LogP contribution in [-0.2, 0) is 4.74 Å². The second-order valence-corrected chi connectivity index (χ2v) is 5.22. The average Bonchev–Trinajstić information content (AvgIpc) is 3.03. The fraction of sp³-hybridized carbons (Fsp3) is 0.176. The van der Waals surface area contributed by atoms with E-state index in [0.29, 0.717) is 29.4 Å². The molecule has 3 aromatic rings. The number of H-pyrrole nitrogens is 1. The minimum absolute atomic E-state index is 0.404. The first-order valence-corrected chi connectivity index (χ1v) is 7.62. The summed E-state index contributed by atoms with van der Waals surface area (Å²) in [5.74, 6) is 1.47. The van der Waals surface area contributed by atoms with Crippen LogP contribution < -0.4 is 4.74 Å². The molecule has 0 saturated carbocycles. The third kappa shape index (κ3) is 3.14. The Balaban J connectivity index is 1.95. The molecule has 0 saturated heterocycles. The van der Waals surface area contributed by atoms with Gasteiger partial charge < -0.3 is 14.5 Å². The summed E-state index contributed by atoms with van der Waals surface area (Å²) in [4.78, 5) is 19.6. The highest BCUT2D eigenvalue weighted by molar-refractivity contribution is 6.18. The molecular weight excluding hydrogens is 316 g/mol. The van der Waals surface area contributed by atoms with Gasteiger partial charge in [-0.05, 0) is 36.4 Å². The Morgan fingerprint density at radius 2 is 2.00 bits per heavy atom. The molecule has 0 aliphatic heterocycles. The van der Waals surface area contributed by atoms with Crippen LogP contribution in [-0.4, -0.2) is 35.5 Å². The summed E-state index contributed by atoms with van der Waals surface area (Å²) in [5, 5.41) is 0. The van der Waals surface area contributed by atoms with Gasteiger partial charge in [-0.15, -0.1) is 11.6 Å². The van der Waals surface area contributed by atoms with E-state index in [1.807, 2.05) is 30.3 Å². The maximum absolute atomic E-state index is 11.8. The molecule has 0 amide bonds. The number of aromatic amines is 1. The first-order chi connectivity index (χ1) is 11.2. The van der Waals surface area contributed by atoms with Gasteiger partial charge in [0.2, 0.25) is 0 Å². The quantitative estimate of drug-likeness (QED) is 0.573. The molecule has 6 heteroatoms. The topological polar surface area (TPSA) is 64.2 Å². The number of methoxy groups -OCH3 is 1. The van der Waals surface area contributed by atoms with Crippen molar-refractivity contribution in [1.29, 1.82) is 0 Å². The minimum Gasteiger partial charge on any atom is -0.492 e. The molecule has 2 aromatic carbocycles. The molecule has 1 aromatic heterocycles. The number of rotatable bonds is 5. The lowest BCUT2D eigenvalue weighted by atomic mass is 10.2. The van der Waals surface area contributed by atoms with Crippen LogP contribution in [0.3, 0.4) is 0 Å². The number of fused-ring (bicyclic) bond motifs is 1. The average molecular weight is 331 g/mol. The number of hydrogen-bond donors (Lipinski definition) is 1. The number of carbonyl (C=O) groups is 1. The second kappa shape index (κ2) is 6.71. The number of halogens is 1. The number of aromatic nitrogens is 2. The van der Waals surface area contributed by atoms with Crippen LogP contribution in [0, 0.1) is 0 Å². The van der Waals surface area contributed by atoms with Gasteiger partial charge in [0.1, 0.15) is 23.7 Å². The van der Waals surface area contributed by atoms with Crippen LogP contribution >= 0.6 is 11.6 Å². The predicted molar refractivity (Wildman–Crippen MR) is 89.1 cm³/mol. The second-order valence-electron chi connectivity index (χ2n) is 4.84. The van der Waals surface area contributed by atoms with Crippen molar-refractivity contribution in [3.63, 3.8) is 0 Å². The van der Waals surface area contributed by atoms with Gasteiger partial charge in [-0.25, -0.2) is 9.78 Å². The lowest BCUT2D eigenvalue weighted by Crippen LogP contribution is -2.01. The summed E-state index contributed by atoms with van der Waals surface area (Å²) < 4.78 is 10.2. The maximum Gasteiger partial charge on any atom is 0.340 e. The summed E-state index contributed by atoms with van der Waals surface area (Å²) in [7, 11) is 1.36. The van der Waals surface area contributed by atoms with Crippen molar-refractivity contribution in [2.75, 3.05) is 19.6 Å². The van der Waals surface area contributed by atoms with Crippen LogP contribution in [0.4, 0.5) is 0 Å². The molecule has 0 radical (unpaired) electrons. The van der Waals surface area contributed by atoms with E-state index in [4.69, 9.17) is 21.1 Å². The lowest BCUT2D eigenvalue weighted by Gasteiger charge is -2.04. The molecule has 3 rings (SSSR count). The predicted octanol–water partition coefficient (Wildman–Crippen LogP) is 3.63. The smallest absolute Gasteiger partial charge is 0.340 e. The van der Waals surface area contributed by atoms with Crippen molar-refractivity contribution in [2.24, 2.45) is 0 Å². The molecular formula is C17H15ClN2O3. The largest absolute Gasteiger partial charge is 0.492 e. The van der Waals surface area contributed by atoms with Crippen molar-refractivity contribution in [3.8, 4) is 17.1 Å². The number of alkyl halides is 1. The fourth-order valence-corrected chi connectivity index (χ4v) is 2.39. The SMILES string of the molecule is COC(=O)c1cccc2[nH]c(-c3ccc(OCCCl)cc3)nc12. The highest BCUT2D eigenvalue weighted by Gasteiger charge is 2.14. The number of hydrogen-bond acceptors (Lipinski definition) is 4. The van der Waals surface area contributed by atoms with Crippen LogP contribution in [0.2, 0.25) is 0 Å². The normalized spacial score (nSPS) is 10.7. The molecule has 23 heavy (non-hydrogen) atoms. The summed E-state index contributed by atoms with van der Waals surface area (Å²) in [6, 6.07) is 12.9. The number of ether oxygens (including phenoxy) is 2. The molecule has 1 heterocycles. The van der Waals surface area contributed by atoms with Crippen molar-refractivity contribution < 1.29 is 14.3 Å². The minimum atomic E-state index is -0.404. The summed E-state index contributed by atoms with van der Waals surface area (Å²) in [6.45, 7) is 0.466. The van der Waals surface area contributed by atoms with E-state index in [1.165, 1.54) is 7.11 Å². The van der Waals surface area contributed by atoms with Gasteiger partial charge >= 0.3 is 5.97 Å². The molecule has 1 N–H and O–H groups in total. The molecule has 0 aliphatic carbocycles.